The van der Waals surface area contributed by atoms with Crippen LogP contribution in [-0.2, 0) is 14.3 Å². The molecule has 1 aliphatic heterocycles. The predicted molar refractivity (Wildman–Crippen MR) is 68.1 cm³/mol. The Morgan fingerprint density at radius 3 is 2.39 bits per heavy atom. The van der Waals surface area contributed by atoms with E-state index in [1.54, 1.807) is 0 Å². The van der Waals surface area contributed by atoms with Gasteiger partial charge in [-0.1, -0.05) is 13.8 Å². The molecule has 104 valence electrons. The second-order valence-corrected chi connectivity index (χ2v) is 5.14. The maximum Gasteiger partial charge on any atom is 0.246 e. The molecule has 0 aliphatic carbocycles. The molecule has 1 aliphatic rings. The minimum Gasteiger partial charge on any atom is -0.363 e. The van der Waals surface area contributed by atoms with E-state index in [-0.39, 0.29) is 29.9 Å². The van der Waals surface area contributed by atoms with Gasteiger partial charge in [-0.2, -0.15) is 0 Å². The van der Waals surface area contributed by atoms with Crippen molar-refractivity contribution in [3.63, 3.8) is 0 Å². The van der Waals surface area contributed by atoms with E-state index in [1.807, 2.05) is 20.8 Å². The number of hydrogen-bond acceptors (Lipinski definition) is 4. The van der Waals surface area contributed by atoms with Gasteiger partial charge in [-0.3, -0.25) is 9.59 Å². The van der Waals surface area contributed by atoms with Gasteiger partial charge in [0.15, 0.2) is 0 Å². The number of carbonyl (C=O) groups is 2. The molecule has 0 saturated carbocycles. The summed E-state index contributed by atoms with van der Waals surface area (Å²) in [6, 6.07) is 0. The van der Waals surface area contributed by atoms with Crippen molar-refractivity contribution in [2.45, 2.75) is 26.4 Å². The van der Waals surface area contributed by atoms with Crippen molar-refractivity contribution in [3.05, 3.63) is 0 Å². The van der Waals surface area contributed by atoms with E-state index >= 15 is 0 Å². The van der Waals surface area contributed by atoms with E-state index in [1.165, 1.54) is 0 Å². The molecule has 1 heterocycles. The van der Waals surface area contributed by atoms with Crippen LogP contribution in [-0.4, -0.2) is 50.2 Å². The maximum atomic E-state index is 11.4. The van der Waals surface area contributed by atoms with E-state index in [9.17, 15) is 9.59 Å². The second-order valence-electron chi connectivity index (χ2n) is 5.14. The lowest BCUT2D eigenvalue weighted by Gasteiger charge is -2.38. The molecule has 0 unspecified atom stereocenters. The largest absolute Gasteiger partial charge is 0.363 e. The zero-order valence-electron chi connectivity index (χ0n) is 11.3. The van der Waals surface area contributed by atoms with Gasteiger partial charge in [-0.15, -0.1) is 0 Å². The van der Waals surface area contributed by atoms with E-state index in [0.717, 1.165) is 13.1 Å². The fraction of sp³-hybridized carbons (Fsp3) is 0.833. The smallest absolute Gasteiger partial charge is 0.246 e. The summed E-state index contributed by atoms with van der Waals surface area (Å²) in [4.78, 5) is 22.7. The number of carbonyl (C=O) groups excluding carboxylic acids is 2. The topological polar surface area (TPSA) is 79.5 Å². The summed E-state index contributed by atoms with van der Waals surface area (Å²) in [5.41, 5.74) is -0.205. The molecule has 1 fully saturated rings. The third-order valence-corrected chi connectivity index (χ3v) is 2.82. The molecule has 18 heavy (non-hydrogen) atoms. The average Bonchev–Trinajstić information content (AvgIpc) is 2.29. The van der Waals surface area contributed by atoms with Gasteiger partial charge < -0.3 is 20.7 Å². The van der Waals surface area contributed by atoms with E-state index in [0.29, 0.717) is 13.1 Å². The molecule has 1 rings (SSSR count). The zero-order valence-corrected chi connectivity index (χ0v) is 11.3. The van der Waals surface area contributed by atoms with Crippen LogP contribution in [0.1, 0.15) is 20.8 Å². The fourth-order valence-electron chi connectivity index (χ4n) is 1.46. The Hall–Kier alpha value is -1.14. The van der Waals surface area contributed by atoms with Crippen molar-refractivity contribution in [2.24, 2.45) is 5.92 Å². The SMILES string of the molecule is CC(C)C(=O)NCCNC(=O)COC1(C)CNC1. The Morgan fingerprint density at radius 1 is 1.28 bits per heavy atom. The minimum absolute atomic E-state index is 0.00597. The summed E-state index contributed by atoms with van der Waals surface area (Å²) >= 11 is 0. The highest BCUT2D eigenvalue weighted by Gasteiger charge is 2.32. The fourth-order valence-corrected chi connectivity index (χ4v) is 1.46. The van der Waals surface area contributed by atoms with Crippen LogP contribution in [0.2, 0.25) is 0 Å². The highest BCUT2D eigenvalue weighted by Crippen LogP contribution is 2.14. The third kappa shape index (κ3) is 5.01. The lowest BCUT2D eigenvalue weighted by Crippen LogP contribution is -2.59. The molecule has 0 bridgehead atoms. The van der Waals surface area contributed by atoms with E-state index in [4.69, 9.17) is 4.74 Å². The number of hydrogen-bond donors (Lipinski definition) is 3. The summed E-state index contributed by atoms with van der Waals surface area (Å²) in [6.07, 6.45) is 0. The first-order valence-corrected chi connectivity index (χ1v) is 6.32. The van der Waals surface area contributed by atoms with Gasteiger partial charge in [-0.25, -0.2) is 0 Å². The molecule has 0 spiro atoms. The van der Waals surface area contributed by atoms with Crippen molar-refractivity contribution < 1.29 is 14.3 Å². The predicted octanol–water partition coefficient (Wildman–Crippen LogP) is -0.747. The Bertz CT molecular complexity index is 301. The van der Waals surface area contributed by atoms with Gasteiger partial charge in [0.25, 0.3) is 0 Å². The van der Waals surface area contributed by atoms with Crippen LogP contribution >= 0.6 is 0 Å². The van der Waals surface area contributed by atoms with Gasteiger partial charge in [0.2, 0.25) is 11.8 Å². The summed E-state index contributed by atoms with van der Waals surface area (Å²) in [7, 11) is 0. The van der Waals surface area contributed by atoms with Gasteiger partial charge in [0.05, 0.1) is 5.60 Å². The molecule has 2 amide bonds. The number of amides is 2. The molecular formula is C12H23N3O3. The van der Waals surface area contributed by atoms with Crippen molar-refractivity contribution in [1.29, 1.82) is 0 Å². The molecule has 1 saturated heterocycles. The molecular weight excluding hydrogens is 234 g/mol. The highest BCUT2D eigenvalue weighted by molar-refractivity contribution is 5.78. The molecule has 0 aromatic heterocycles. The molecule has 3 N–H and O–H groups in total. The van der Waals surface area contributed by atoms with Gasteiger partial charge >= 0.3 is 0 Å². The molecule has 6 nitrogen and oxygen atoms in total. The second kappa shape index (κ2) is 6.70. The third-order valence-electron chi connectivity index (χ3n) is 2.82. The highest BCUT2D eigenvalue weighted by atomic mass is 16.5. The Kier molecular flexibility index (Phi) is 5.55. The summed E-state index contributed by atoms with van der Waals surface area (Å²) in [6.45, 7) is 8.13. The van der Waals surface area contributed by atoms with Crippen LogP contribution < -0.4 is 16.0 Å². The maximum absolute atomic E-state index is 11.4. The zero-order chi connectivity index (χ0) is 13.6. The molecule has 0 atom stereocenters. The Labute approximate surface area is 108 Å². The van der Waals surface area contributed by atoms with Crippen LogP contribution in [0.3, 0.4) is 0 Å². The Morgan fingerprint density at radius 2 is 1.89 bits per heavy atom. The standard InChI is InChI=1S/C12H23N3O3/c1-9(2)11(17)15-5-4-14-10(16)6-18-12(3)7-13-8-12/h9,13H,4-8H2,1-3H3,(H,14,16)(H,15,17). The minimum atomic E-state index is -0.205. The summed E-state index contributed by atoms with van der Waals surface area (Å²) in [5, 5.41) is 8.52. The first-order chi connectivity index (χ1) is 8.43. The van der Waals surface area contributed by atoms with Crippen LogP contribution in [0, 0.1) is 5.92 Å². The first kappa shape index (κ1) is 14.9. The van der Waals surface area contributed by atoms with E-state index in [2.05, 4.69) is 16.0 Å². The van der Waals surface area contributed by atoms with Gasteiger partial charge in [0.1, 0.15) is 6.61 Å². The number of ether oxygens (including phenoxy) is 1. The Balaban J connectivity index is 2.01. The summed E-state index contributed by atoms with van der Waals surface area (Å²) in [5.74, 6) is -0.189. The van der Waals surface area contributed by atoms with Crippen LogP contribution in [0.25, 0.3) is 0 Å². The van der Waals surface area contributed by atoms with Crippen LogP contribution in [0.15, 0.2) is 0 Å². The van der Waals surface area contributed by atoms with Crippen LogP contribution in [0.4, 0.5) is 0 Å². The van der Waals surface area contributed by atoms with Crippen molar-refractivity contribution in [2.75, 3.05) is 32.8 Å². The number of rotatable bonds is 7. The number of nitrogens with one attached hydrogen (secondary N) is 3. The quantitative estimate of drug-likeness (QED) is 0.525. The first-order valence-electron chi connectivity index (χ1n) is 6.32. The average molecular weight is 257 g/mol. The molecule has 0 radical (unpaired) electrons. The van der Waals surface area contributed by atoms with Gasteiger partial charge in [0, 0.05) is 32.1 Å². The normalized spacial score (nSPS) is 17.1. The molecule has 0 aromatic carbocycles. The van der Waals surface area contributed by atoms with Gasteiger partial charge in [-0.05, 0) is 6.92 Å². The summed E-state index contributed by atoms with van der Waals surface area (Å²) < 4.78 is 5.48. The van der Waals surface area contributed by atoms with Crippen molar-refractivity contribution >= 4 is 11.8 Å². The lowest BCUT2D eigenvalue weighted by atomic mass is 10.0. The van der Waals surface area contributed by atoms with Crippen LogP contribution in [0.5, 0.6) is 0 Å². The molecule has 6 heteroatoms. The van der Waals surface area contributed by atoms with E-state index < -0.39 is 0 Å². The lowest BCUT2D eigenvalue weighted by molar-refractivity contribution is -0.136. The monoisotopic (exact) mass is 257 g/mol. The van der Waals surface area contributed by atoms with Crippen molar-refractivity contribution in [3.8, 4) is 0 Å². The molecule has 0 aromatic rings. The van der Waals surface area contributed by atoms with Crippen molar-refractivity contribution in [1.82, 2.24) is 16.0 Å².